The molecule has 0 heterocycles. The van der Waals surface area contributed by atoms with Gasteiger partial charge in [-0.1, -0.05) is 12.1 Å². The highest BCUT2D eigenvalue weighted by molar-refractivity contribution is 5.74. The fourth-order valence-electron chi connectivity index (χ4n) is 1.43. The first-order valence-electron chi connectivity index (χ1n) is 5.92. The van der Waals surface area contributed by atoms with Crippen LogP contribution in [0.25, 0.3) is 0 Å². The summed E-state index contributed by atoms with van der Waals surface area (Å²) in [5.41, 5.74) is 0.270. The molecule has 0 radical (unpaired) electrons. The third-order valence-corrected chi connectivity index (χ3v) is 2.66. The van der Waals surface area contributed by atoms with Gasteiger partial charge in [-0.15, -0.1) is 0 Å². The molecule has 1 rings (SSSR count). The van der Waals surface area contributed by atoms with Crippen LogP contribution in [-0.4, -0.2) is 35.0 Å². The van der Waals surface area contributed by atoms with E-state index in [9.17, 15) is 18.7 Å². The summed E-state index contributed by atoms with van der Waals surface area (Å²) in [6.45, 7) is 0.0699. The Labute approximate surface area is 114 Å². The minimum absolute atomic E-state index is 0.0727. The number of benzene rings is 1. The molecule has 0 aliphatic rings. The molecule has 0 aliphatic heterocycles. The summed E-state index contributed by atoms with van der Waals surface area (Å²) >= 11 is 0. The van der Waals surface area contributed by atoms with E-state index < -0.39 is 30.9 Å². The Kier molecular flexibility index (Phi) is 5.84. The zero-order chi connectivity index (χ0) is 15.3. The lowest BCUT2D eigenvalue weighted by atomic mass is 10.1. The van der Waals surface area contributed by atoms with E-state index in [-0.39, 0.29) is 11.3 Å². The van der Waals surface area contributed by atoms with E-state index in [1.807, 2.05) is 0 Å². The minimum Gasteiger partial charge on any atom is -0.479 e. The Morgan fingerprint density at radius 3 is 2.15 bits per heavy atom. The van der Waals surface area contributed by atoms with E-state index in [0.29, 0.717) is 0 Å². The summed E-state index contributed by atoms with van der Waals surface area (Å²) in [7, 11) is 0. The number of aliphatic carboxylic acids is 1. The normalized spacial score (nSPS) is 15.7. The van der Waals surface area contributed by atoms with E-state index in [1.54, 1.807) is 0 Å². The molecule has 1 aromatic rings. The van der Waals surface area contributed by atoms with Crippen molar-refractivity contribution in [2.45, 2.75) is 38.8 Å². The molecule has 0 bridgehead atoms. The van der Waals surface area contributed by atoms with Crippen LogP contribution in [0.4, 0.5) is 8.78 Å². The van der Waals surface area contributed by atoms with Crippen LogP contribution < -0.4 is 4.74 Å². The molecule has 5 nitrogen and oxygen atoms in total. The van der Waals surface area contributed by atoms with Crippen molar-refractivity contribution in [2.24, 2.45) is 0 Å². The van der Waals surface area contributed by atoms with Gasteiger partial charge in [0.25, 0.3) is 0 Å². The first kappa shape index (κ1) is 16.3. The fraction of sp³-hybridized carbons (Fsp3) is 0.462. The van der Waals surface area contributed by atoms with Gasteiger partial charge in [-0.25, -0.2) is 4.79 Å². The molecular weight excluding hydrogens is 274 g/mol. The molecule has 20 heavy (non-hydrogen) atoms. The number of aliphatic hydroxyl groups excluding tert-OH is 1. The summed E-state index contributed by atoms with van der Waals surface area (Å²) < 4.78 is 33.4. The third kappa shape index (κ3) is 4.75. The number of carboxylic acid groups (broad SMARTS) is 1. The van der Waals surface area contributed by atoms with Gasteiger partial charge in [-0.05, 0) is 31.5 Å². The maximum Gasteiger partial charge on any atom is 0.387 e. The maximum absolute atomic E-state index is 12.0. The monoisotopic (exact) mass is 290 g/mol. The lowest BCUT2D eigenvalue weighted by Crippen LogP contribution is -2.28. The number of ether oxygens (including phenoxy) is 2. The van der Waals surface area contributed by atoms with Crippen molar-refractivity contribution in [3.05, 3.63) is 29.8 Å². The first-order valence-corrected chi connectivity index (χ1v) is 5.92. The highest BCUT2D eigenvalue weighted by atomic mass is 19.3. The van der Waals surface area contributed by atoms with Crippen LogP contribution in [0.3, 0.4) is 0 Å². The lowest BCUT2D eigenvalue weighted by molar-refractivity contribution is -0.158. The molecule has 1 aromatic carbocycles. The molecule has 0 aliphatic carbocycles. The Bertz CT molecular complexity index is 433. The van der Waals surface area contributed by atoms with E-state index in [1.165, 1.54) is 38.1 Å². The summed E-state index contributed by atoms with van der Waals surface area (Å²) in [5, 5.41) is 18.4. The Morgan fingerprint density at radius 1 is 1.20 bits per heavy atom. The van der Waals surface area contributed by atoms with Crippen molar-refractivity contribution in [1.82, 2.24) is 0 Å². The summed E-state index contributed by atoms with van der Waals surface area (Å²) in [6.07, 6.45) is -2.81. The van der Waals surface area contributed by atoms with Crippen molar-refractivity contribution in [3.63, 3.8) is 0 Å². The molecule has 0 saturated carbocycles. The summed E-state index contributed by atoms with van der Waals surface area (Å²) in [5.74, 6) is -1.31. The molecule has 0 amide bonds. The summed E-state index contributed by atoms with van der Waals surface area (Å²) in [6, 6.07) is 5.11. The smallest absolute Gasteiger partial charge is 0.387 e. The van der Waals surface area contributed by atoms with Gasteiger partial charge >= 0.3 is 12.6 Å². The standard InChI is InChI=1S/C13H16F2O5/c1-7(16)8(2)19-11(12(17)18)9-3-5-10(6-4-9)20-13(14)15/h3-8,11,13,16H,1-2H3,(H,17,18). The predicted octanol–water partition coefficient (Wildman–Crippen LogP) is 2.20. The van der Waals surface area contributed by atoms with E-state index in [2.05, 4.69) is 4.74 Å². The van der Waals surface area contributed by atoms with E-state index >= 15 is 0 Å². The minimum atomic E-state index is -2.94. The Balaban J connectivity index is 2.84. The van der Waals surface area contributed by atoms with Crippen LogP contribution >= 0.6 is 0 Å². The van der Waals surface area contributed by atoms with Crippen molar-refractivity contribution in [2.75, 3.05) is 0 Å². The van der Waals surface area contributed by atoms with Gasteiger partial charge in [-0.3, -0.25) is 0 Å². The number of carbonyl (C=O) groups is 1. The number of carboxylic acids is 1. The molecule has 3 atom stereocenters. The number of rotatable bonds is 7. The fourth-order valence-corrected chi connectivity index (χ4v) is 1.43. The maximum atomic E-state index is 12.0. The second-order valence-corrected chi connectivity index (χ2v) is 4.25. The molecular formula is C13H16F2O5. The lowest BCUT2D eigenvalue weighted by Gasteiger charge is -2.21. The molecule has 2 N–H and O–H groups in total. The van der Waals surface area contributed by atoms with Crippen molar-refractivity contribution >= 4 is 5.97 Å². The van der Waals surface area contributed by atoms with Crippen LogP contribution in [0.2, 0.25) is 0 Å². The highest BCUT2D eigenvalue weighted by Gasteiger charge is 2.25. The SMILES string of the molecule is CC(O)C(C)OC(C(=O)O)c1ccc(OC(F)F)cc1. The number of hydrogen-bond donors (Lipinski definition) is 2. The summed E-state index contributed by atoms with van der Waals surface area (Å²) in [4.78, 5) is 11.2. The Morgan fingerprint density at radius 2 is 1.75 bits per heavy atom. The van der Waals surface area contributed by atoms with E-state index in [0.717, 1.165) is 0 Å². The molecule has 0 fully saturated rings. The van der Waals surface area contributed by atoms with E-state index in [4.69, 9.17) is 9.84 Å². The molecule has 0 aromatic heterocycles. The third-order valence-electron chi connectivity index (χ3n) is 2.66. The first-order chi connectivity index (χ1) is 9.31. The van der Waals surface area contributed by atoms with Gasteiger partial charge in [0, 0.05) is 0 Å². The van der Waals surface area contributed by atoms with Crippen LogP contribution in [0, 0.1) is 0 Å². The Hall–Kier alpha value is -1.73. The van der Waals surface area contributed by atoms with Crippen LogP contribution in [0.1, 0.15) is 25.5 Å². The molecule has 0 spiro atoms. The molecule has 3 unspecified atom stereocenters. The second-order valence-electron chi connectivity index (χ2n) is 4.25. The van der Waals surface area contributed by atoms with Gasteiger partial charge in [-0.2, -0.15) is 8.78 Å². The van der Waals surface area contributed by atoms with Crippen molar-refractivity contribution in [3.8, 4) is 5.75 Å². The van der Waals surface area contributed by atoms with Gasteiger partial charge < -0.3 is 19.7 Å². The predicted molar refractivity (Wildman–Crippen MR) is 65.7 cm³/mol. The number of alkyl halides is 2. The van der Waals surface area contributed by atoms with Gasteiger partial charge in [0.05, 0.1) is 12.2 Å². The zero-order valence-corrected chi connectivity index (χ0v) is 11.0. The quantitative estimate of drug-likeness (QED) is 0.805. The largest absolute Gasteiger partial charge is 0.479 e. The van der Waals surface area contributed by atoms with Crippen LogP contribution in [-0.2, 0) is 9.53 Å². The molecule has 0 saturated heterocycles. The number of aliphatic hydroxyl groups is 1. The number of halogens is 2. The number of hydrogen-bond acceptors (Lipinski definition) is 4. The van der Waals surface area contributed by atoms with Crippen LogP contribution in [0.5, 0.6) is 5.75 Å². The van der Waals surface area contributed by atoms with Gasteiger partial charge in [0.2, 0.25) is 0 Å². The van der Waals surface area contributed by atoms with Crippen molar-refractivity contribution in [1.29, 1.82) is 0 Å². The molecule has 112 valence electrons. The van der Waals surface area contributed by atoms with Gasteiger partial charge in [0.1, 0.15) is 5.75 Å². The second kappa shape index (κ2) is 7.16. The topological polar surface area (TPSA) is 76.0 Å². The zero-order valence-electron chi connectivity index (χ0n) is 11.0. The van der Waals surface area contributed by atoms with Gasteiger partial charge in [0.15, 0.2) is 6.10 Å². The molecule has 7 heteroatoms. The average molecular weight is 290 g/mol. The van der Waals surface area contributed by atoms with Crippen molar-refractivity contribution < 1.29 is 33.3 Å². The highest BCUT2D eigenvalue weighted by Crippen LogP contribution is 2.24. The van der Waals surface area contributed by atoms with Crippen LogP contribution in [0.15, 0.2) is 24.3 Å². The average Bonchev–Trinajstić information content (AvgIpc) is 2.35.